The number of aliphatic hydroxyl groups is 1. The van der Waals surface area contributed by atoms with Crippen LogP contribution in [0.25, 0.3) is 0 Å². The number of carbonyl (C=O) groups is 1. The fourth-order valence-electron chi connectivity index (χ4n) is 3.30. The second-order valence-corrected chi connectivity index (χ2v) is 6.23. The highest BCUT2D eigenvalue weighted by Gasteiger charge is 2.26. The van der Waals surface area contributed by atoms with Crippen LogP contribution in [0.5, 0.6) is 0 Å². The van der Waals surface area contributed by atoms with Crippen molar-refractivity contribution in [3.05, 3.63) is 0 Å². The Kier molecular flexibility index (Phi) is 8.56. The molecule has 124 valence electrons. The van der Waals surface area contributed by atoms with Crippen molar-refractivity contribution >= 4 is 18.3 Å². The molecular weight excluding hydrogens is 290 g/mol. The normalized spacial score (nSPS) is 25.2. The topological polar surface area (TPSA) is 55.8 Å². The molecule has 2 aliphatic heterocycles. The summed E-state index contributed by atoms with van der Waals surface area (Å²) < 4.78 is 0. The fourth-order valence-corrected chi connectivity index (χ4v) is 3.30. The molecule has 0 bridgehead atoms. The van der Waals surface area contributed by atoms with Crippen LogP contribution in [0, 0.1) is 11.8 Å². The molecule has 0 aromatic carbocycles. The van der Waals surface area contributed by atoms with E-state index in [1.807, 2.05) is 4.90 Å². The van der Waals surface area contributed by atoms with Gasteiger partial charge in [0.25, 0.3) is 0 Å². The molecule has 0 radical (unpaired) electrons. The average Bonchev–Trinajstić information content (AvgIpc) is 2.49. The van der Waals surface area contributed by atoms with Gasteiger partial charge in [0.2, 0.25) is 5.91 Å². The largest absolute Gasteiger partial charge is 0.395 e. The van der Waals surface area contributed by atoms with Crippen LogP contribution in [0.2, 0.25) is 0 Å². The molecule has 1 amide bonds. The molecule has 2 rings (SSSR count). The Morgan fingerprint density at radius 1 is 1.33 bits per heavy atom. The third kappa shape index (κ3) is 5.74. The smallest absolute Gasteiger partial charge is 0.222 e. The molecule has 2 N–H and O–H groups in total. The van der Waals surface area contributed by atoms with E-state index in [0.29, 0.717) is 24.2 Å². The maximum atomic E-state index is 12.4. The number of hydrogen-bond donors (Lipinski definition) is 2. The molecule has 0 aromatic rings. The molecule has 2 aliphatic rings. The first-order chi connectivity index (χ1) is 9.70. The molecule has 2 unspecified atom stereocenters. The number of amides is 1. The summed E-state index contributed by atoms with van der Waals surface area (Å²) in [5, 5.41) is 12.4. The minimum absolute atomic E-state index is 0. The van der Waals surface area contributed by atoms with Crippen molar-refractivity contribution in [2.45, 2.75) is 26.2 Å². The Morgan fingerprint density at radius 2 is 2.05 bits per heavy atom. The third-order valence-electron chi connectivity index (χ3n) is 4.78. The Labute approximate surface area is 134 Å². The molecule has 2 saturated heterocycles. The van der Waals surface area contributed by atoms with E-state index in [4.69, 9.17) is 5.11 Å². The van der Waals surface area contributed by atoms with Gasteiger partial charge in [-0.25, -0.2) is 0 Å². The Balaban J connectivity index is 0.00000220. The van der Waals surface area contributed by atoms with E-state index < -0.39 is 0 Å². The summed E-state index contributed by atoms with van der Waals surface area (Å²) >= 11 is 0. The minimum atomic E-state index is 0. The van der Waals surface area contributed by atoms with E-state index in [2.05, 4.69) is 17.1 Å². The van der Waals surface area contributed by atoms with E-state index in [0.717, 1.165) is 45.8 Å². The van der Waals surface area contributed by atoms with Crippen molar-refractivity contribution in [1.82, 2.24) is 15.1 Å². The van der Waals surface area contributed by atoms with Crippen molar-refractivity contribution in [3.8, 4) is 0 Å². The molecule has 2 atom stereocenters. The van der Waals surface area contributed by atoms with Gasteiger partial charge in [-0.15, -0.1) is 12.4 Å². The Bertz CT molecular complexity index is 303. The molecule has 0 aliphatic carbocycles. The van der Waals surface area contributed by atoms with Gasteiger partial charge >= 0.3 is 0 Å². The Hall–Kier alpha value is -0.360. The van der Waals surface area contributed by atoms with Crippen molar-refractivity contribution in [3.63, 3.8) is 0 Å². The van der Waals surface area contributed by atoms with Gasteiger partial charge in [-0.3, -0.25) is 9.69 Å². The monoisotopic (exact) mass is 319 g/mol. The number of carbonyl (C=O) groups excluding carboxylic acids is 1. The minimum Gasteiger partial charge on any atom is -0.395 e. The van der Waals surface area contributed by atoms with E-state index >= 15 is 0 Å². The summed E-state index contributed by atoms with van der Waals surface area (Å²) in [7, 11) is 0. The SMILES string of the molecule is CC(CC(=O)N1CCN(CCO)CC1)C1CCCNC1.Cl. The highest BCUT2D eigenvalue weighted by Crippen LogP contribution is 2.23. The highest BCUT2D eigenvalue weighted by atomic mass is 35.5. The maximum Gasteiger partial charge on any atom is 0.222 e. The number of aliphatic hydroxyl groups excluding tert-OH is 1. The van der Waals surface area contributed by atoms with Gasteiger partial charge in [-0.1, -0.05) is 6.92 Å². The Morgan fingerprint density at radius 3 is 2.62 bits per heavy atom. The van der Waals surface area contributed by atoms with Crippen LogP contribution < -0.4 is 5.32 Å². The van der Waals surface area contributed by atoms with Crippen LogP contribution in [-0.4, -0.2) is 73.2 Å². The predicted octanol–water partition coefficient (Wildman–Crippen LogP) is 0.571. The summed E-state index contributed by atoms with van der Waals surface area (Å²) in [6.07, 6.45) is 3.18. The first kappa shape index (κ1) is 18.7. The molecule has 0 saturated carbocycles. The predicted molar refractivity (Wildman–Crippen MR) is 86.7 cm³/mol. The standard InChI is InChI=1S/C15H29N3O2.ClH/c1-13(14-3-2-4-16-12-14)11-15(20)18-7-5-17(6-8-18)9-10-19;/h13-14,16,19H,2-12H2,1H3;1H. The maximum absolute atomic E-state index is 12.4. The van der Waals surface area contributed by atoms with Gasteiger partial charge in [0.05, 0.1) is 6.61 Å². The zero-order chi connectivity index (χ0) is 14.4. The van der Waals surface area contributed by atoms with Crippen LogP contribution in [0.4, 0.5) is 0 Å². The van der Waals surface area contributed by atoms with Gasteiger partial charge in [-0.05, 0) is 37.8 Å². The number of rotatable bonds is 5. The zero-order valence-electron chi connectivity index (χ0n) is 13.1. The molecule has 2 fully saturated rings. The molecule has 0 aromatic heterocycles. The lowest BCUT2D eigenvalue weighted by Gasteiger charge is -2.36. The van der Waals surface area contributed by atoms with Crippen molar-refractivity contribution in [1.29, 1.82) is 0 Å². The molecule has 21 heavy (non-hydrogen) atoms. The first-order valence-corrected chi connectivity index (χ1v) is 8.02. The fraction of sp³-hybridized carbons (Fsp3) is 0.933. The van der Waals surface area contributed by atoms with Gasteiger partial charge in [0.15, 0.2) is 0 Å². The number of nitrogens with one attached hydrogen (secondary N) is 1. The van der Waals surface area contributed by atoms with Crippen LogP contribution in [0.1, 0.15) is 26.2 Å². The highest BCUT2D eigenvalue weighted by molar-refractivity contribution is 5.85. The van der Waals surface area contributed by atoms with Gasteiger partial charge in [0, 0.05) is 39.1 Å². The van der Waals surface area contributed by atoms with Crippen molar-refractivity contribution in [2.75, 3.05) is 52.4 Å². The quantitative estimate of drug-likeness (QED) is 0.778. The number of hydrogen-bond acceptors (Lipinski definition) is 4. The lowest BCUT2D eigenvalue weighted by Crippen LogP contribution is -2.49. The van der Waals surface area contributed by atoms with Crippen molar-refractivity contribution in [2.24, 2.45) is 11.8 Å². The molecular formula is C15H30ClN3O2. The van der Waals surface area contributed by atoms with E-state index in [1.165, 1.54) is 12.8 Å². The zero-order valence-corrected chi connectivity index (χ0v) is 13.9. The summed E-state index contributed by atoms with van der Waals surface area (Å²) in [5.41, 5.74) is 0. The number of halogens is 1. The molecule has 5 nitrogen and oxygen atoms in total. The number of piperazine rings is 1. The summed E-state index contributed by atoms with van der Waals surface area (Å²) in [6.45, 7) is 8.77. The van der Waals surface area contributed by atoms with Crippen LogP contribution >= 0.6 is 12.4 Å². The van der Waals surface area contributed by atoms with E-state index in [-0.39, 0.29) is 19.0 Å². The number of piperidine rings is 1. The van der Waals surface area contributed by atoms with Gasteiger partial charge < -0.3 is 15.3 Å². The van der Waals surface area contributed by atoms with Crippen LogP contribution in [-0.2, 0) is 4.79 Å². The summed E-state index contributed by atoms with van der Waals surface area (Å²) in [5.74, 6) is 1.45. The molecule has 0 spiro atoms. The van der Waals surface area contributed by atoms with Gasteiger partial charge in [-0.2, -0.15) is 0 Å². The third-order valence-corrected chi connectivity index (χ3v) is 4.78. The van der Waals surface area contributed by atoms with Crippen LogP contribution in [0.3, 0.4) is 0 Å². The second-order valence-electron chi connectivity index (χ2n) is 6.23. The molecule has 6 heteroatoms. The van der Waals surface area contributed by atoms with E-state index in [9.17, 15) is 4.79 Å². The first-order valence-electron chi connectivity index (χ1n) is 8.02. The second kappa shape index (κ2) is 9.62. The van der Waals surface area contributed by atoms with Gasteiger partial charge in [0.1, 0.15) is 0 Å². The van der Waals surface area contributed by atoms with E-state index in [1.54, 1.807) is 0 Å². The average molecular weight is 320 g/mol. The molecule has 2 heterocycles. The van der Waals surface area contributed by atoms with Crippen LogP contribution in [0.15, 0.2) is 0 Å². The summed E-state index contributed by atoms with van der Waals surface area (Å²) in [6, 6.07) is 0. The van der Waals surface area contributed by atoms with Crippen molar-refractivity contribution < 1.29 is 9.90 Å². The number of nitrogens with zero attached hydrogens (tertiary/aromatic N) is 2. The lowest BCUT2D eigenvalue weighted by molar-refractivity contribution is -0.134. The number of β-amino-alcohol motifs (C(OH)–C–C–N with tert-alkyl or cyclic N) is 1. The lowest BCUT2D eigenvalue weighted by atomic mass is 9.85. The summed E-state index contributed by atoms with van der Waals surface area (Å²) in [4.78, 5) is 16.6.